The quantitative estimate of drug-likeness (QED) is 0.460. The summed E-state index contributed by atoms with van der Waals surface area (Å²) in [6, 6.07) is 15.2. The summed E-state index contributed by atoms with van der Waals surface area (Å²) in [7, 11) is 0. The fraction of sp³-hybridized carbons (Fsp3) is 0.348. The van der Waals surface area contributed by atoms with Crippen molar-refractivity contribution in [3.8, 4) is 5.69 Å². The van der Waals surface area contributed by atoms with Crippen molar-refractivity contribution in [1.82, 2.24) is 14.9 Å². The molecule has 0 aliphatic carbocycles. The number of benzene rings is 2. The molecule has 0 saturated heterocycles. The molecule has 0 bridgehead atoms. The van der Waals surface area contributed by atoms with E-state index in [-0.39, 0.29) is 22.6 Å². The zero-order valence-electron chi connectivity index (χ0n) is 17.3. The molecule has 0 fully saturated rings. The number of carbonyl (C=O) groups is 1. The maximum Gasteiger partial charge on any atom is 0.266 e. The molecular formula is C23H27N3O2S. The van der Waals surface area contributed by atoms with Crippen LogP contribution < -0.4 is 10.9 Å². The number of aromatic nitrogens is 2. The first-order valence-electron chi connectivity index (χ1n) is 9.99. The number of rotatable bonds is 7. The van der Waals surface area contributed by atoms with Gasteiger partial charge in [0.15, 0.2) is 5.16 Å². The Morgan fingerprint density at radius 3 is 2.52 bits per heavy atom. The SMILES string of the molecule is CCCNC(=O)C(C)Sc1nc2ccccc2c(=O)n1-c1ccccc1C(C)C. The van der Waals surface area contributed by atoms with E-state index in [0.717, 1.165) is 17.7 Å². The lowest BCUT2D eigenvalue weighted by Gasteiger charge is -2.19. The lowest BCUT2D eigenvalue weighted by molar-refractivity contribution is -0.120. The van der Waals surface area contributed by atoms with E-state index in [1.807, 2.05) is 56.3 Å². The van der Waals surface area contributed by atoms with E-state index in [9.17, 15) is 9.59 Å². The van der Waals surface area contributed by atoms with Gasteiger partial charge >= 0.3 is 0 Å². The van der Waals surface area contributed by atoms with Crippen LogP contribution in [-0.4, -0.2) is 27.3 Å². The molecule has 1 N–H and O–H groups in total. The fourth-order valence-electron chi connectivity index (χ4n) is 3.19. The van der Waals surface area contributed by atoms with Gasteiger partial charge in [-0.25, -0.2) is 4.98 Å². The van der Waals surface area contributed by atoms with Crippen LogP contribution in [0, 0.1) is 0 Å². The summed E-state index contributed by atoms with van der Waals surface area (Å²) in [5.41, 5.74) is 2.40. The highest BCUT2D eigenvalue weighted by Gasteiger charge is 2.21. The van der Waals surface area contributed by atoms with Gasteiger partial charge in [0.25, 0.3) is 5.56 Å². The molecule has 6 heteroatoms. The van der Waals surface area contributed by atoms with Crippen molar-refractivity contribution in [3.63, 3.8) is 0 Å². The van der Waals surface area contributed by atoms with Gasteiger partial charge in [-0.05, 0) is 43.0 Å². The summed E-state index contributed by atoms with van der Waals surface area (Å²) in [4.78, 5) is 30.6. The monoisotopic (exact) mass is 409 g/mol. The van der Waals surface area contributed by atoms with Crippen molar-refractivity contribution in [2.45, 2.75) is 50.4 Å². The van der Waals surface area contributed by atoms with E-state index < -0.39 is 0 Å². The van der Waals surface area contributed by atoms with Crippen molar-refractivity contribution in [3.05, 3.63) is 64.4 Å². The molecule has 152 valence electrons. The molecule has 2 aromatic carbocycles. The van der Waals surface area contributed by atoms with Crippen LogP contribution in [0.3, 0.4) is 0 Å². The Morgan fingerprint density at radius 2 is 1.79 bits per heavy atom. The first-order chi connectivity index (χ1) is 13.9. The molecule has 0 spiro atoms. The summed E-state index contributed by atoms with van der Waals surface area (Å²) in [6.07, 6.45) is 0.879. The van der Waals surface area contributed by atoms with E-state index in [2.05, 4.69) is 19.2 Å². The third-order valence-electron chi connectivity index (χ3n) is 4.75. The normalized spacial score (nSPS) is 12.3. The van der Waals surface area contributed by atoms with Crippen LogP contribution in [-0.2, 0) is 4.79 Å². The molecule has 29 heavy (non-hydrogen) atoms. The second-order valence-electron chi connectivity index (χ2n) is 7.32. The topological polar surface area (TPSA) is 64.0 Å². The Bertz CT molecular complexity index is 1080. The molecule has 1 unspecified atom stereocenters. The first kappa shape index (κ1) is 21.1. The zero-order valence-corrected chi connectivity index (χ0v) is 18.1. The third kappa shape index (κ3) is 4.53. The van der Waals surface area contributed by atoms with E-state index in [1.165, 1.54) is 11.8 Å². The number of nitrogens with one attached hydrogen (secondary N) is 1. The number of carbonyl (C=O) groups excluding carboxylic acids is 1. The van der Waals surface area contributed by atoms with Crippen molar-refractivity contribution in [2.24, 2.45) is 0 Å². The minimum absolute atomic E-state index is 0.0528. The summed E-state index contributed by atoms with van der Waals surface area (Å²) in [6.45, 7) is 8.70. The van der Waals surface area contributed by atoms with E-state index >= 15 is 0 Å². The minimum Gasteiger partial charge on any atom is -0.355 e. The van der Waals surface area contributed by atoms with Gasteiger partial charge in [-0.15, -0.1) is 0 Å². The number of nitrogens with zero attached hydrogens (tertiary/aromatic N) is 2. The minimum atomic E-state index is -0.368. The number of thioether (sulfide) groups is 1. The second kappa shape index (κ2) is 9.27. The average molecular weight is 410 g/mol. The highest BCUT2D eigenvalue weighted by atomic mass is 32.2. The van der Waals surface area contributed by atoms with Crippen molar-refractivity contribution >= 4 is 28.6 Å². The van der Waals surface area contributed by atoms with E-state index in [4.69, 9.17) is 4.98 Å². The molecule has 0 saturated carbocycles. The lowest BCUT2D eigenvalue weighted by Crippen LogP contribution is -2.32. The Hall–Kier alpha value is -2.60. The molecule has 1 aromatic heterocycles. The third-order valence-corrected chi connectivity index (χ3v) is 5.80. The van der Waals surface area contributed by atoms with Crippen LogP contribution >= 0.6 is 11.8 Å². The first-order valence-corrected chi connectivity index (χ1v) is 10.9. The number of fused-ring (bicyclic) bond motifs is 1. The van der Waals surface area contributed by atoms with Crippen LogP contribution in [0.2, 0.25) is 0 Å². The van der Waals surface area contributed by atoms with Crippen LogP contribution in [0.5, 0.6) is 0 Å². The van der Waals surface area contributed by atoms with Crippen molar-refractivity contribution in [2.75, 3.05) is 6.54 Å². The van der Waals surface area contributed by atoms with Gasteiger partial charge < -0.3 is 5.32 Å². The standard InChI is InChI=1S/C23H27N3O2S/c1-5-14-24-21(27)16(4)29-23-25-19-12-8-6-11-18(19)22(28)26(23)20-13-9-7-10-17(20)15(2)3/h6-13,15-16H,5,14H2,1-4H3,(H,24,27). The fourth-order valence-corrected chi connectivity index (χ4v) is 4.13. The Morgan fingerprint density at radius 1 is 1.10 bits per heavy atom. The van der Waals surface area contributed by atoms with Crippen molar-refractivity contribution < 1.29 is 4.79 Å². The summed E-state index contributed by atoms with van der Waals surface area (Å²) in [5, 5.41) is 3.65. The largest absolute Gasteiger partial charge is 0.355 e. The van der Waals surface area contributed by atoms with Gasteiger partial charge in [0.05, 0.1) is 21.8 Å². The molecule has 0 radical (unpaired) electrons. The number of hydrogen-bond donors (Lipinski definition) is 1. The average Bonchev–Trinajstić information content (AvgIpc) is 2.72. The highest BCUT2D eigenvalue weighted by molar-refractivity contribution is 8.00. The Kier molecular flexibility index (Phi) is 6.75. The van der Waals surface area contributed by atoms with Crippen molar-refractivity contribution in [1.29, 1.82) is 0 Å². The van der Waals surface area contributed by atoms with E-state index in [0.29, 0.717) is 22.6 Å². The Balaban J connectivity index is 2.18. The van der Waals surface area contributed by atoms with Gasteiger partial charge in [-0.2, -0.15) is 0 Å². The molecule has 0 aliphatic rings. The Labute approximate surface area is 175 Å². The maximum atomic E-state index is 13.5. The van der Waals surface area contributed by atoms with E-state index in [1.54, 1.807) is 10.6 Å². The van der Waals surface area contributed by atoms with Gasteiger partial charge in [-0.1, -0.05) is 62.9 Å². The molecule has 5 nitrogen and oxygen atoms in total. The highest BCUT2D eigenvalue weighted by Crippen LogP contribution is 2.29. The molecule has 3 rings (SSSR count). The molecular weight excluding hydrogens is 382 g/mol. The van der Waals surface area contributed by atoms with Gasteiger partial charge in [0.2, 0.25) is 5.91 Å². The van der Waals surface area contributed by atoms with Crippen LogP contribution in [0.1, 0.15) is 45.6 Å². The van der Waals surface area contributed by atoms with Crippen LogP contribution in [0.15, 0.2) is 58.5 Å². The van der Waals surface area contributed by atoms with Gasteiger partial charge in [-0.3, -0.25) is 14.2 Å². The number of hydrogen-bond acceptors (Lipinski definition) is 4. The molecule has 1 amide bonds. The second-order valence-corrected chi connectivity index (χ2v) is 8.62. The smallest absolute Gasteiger partial charge is 0.266 e. The molecule has 1 heterocycles. The summed E-state index contributed by atoms with van der Waals surface area (Å²) >= 11 is 1.31. The van der Waals surface area contributed by atoms with Crippen LogP contribution in [0.25, 0.3) is 16.6 Å². The summed E-state index contributed by atoms with van der Waals surface area (Å²) in [5.74, 6) is 0.190. The lowest BCUT2D eigenvalue weighted by atomic mass is 10.0. The number of amides is 1. The summed E-state index contributed by atoms with van der Waals surface area (Å²) < 4.78 is 1.66. The zero-order chi connectivity index (χ0) is 21.0. The number of para-hydroxylation sites is 2. The molecule has 1 atom stereocenters. The predicted molar refractivity (Wildman–Crippen MR) is 120 cm³/mol. The maximum absolute atomic E-state index is 13.5. The van der Waals surface area contributed by atoms with Crippen LogP contribution in [0.4, 0.5) is 0 Å². The predicted octanol–water partition coefficient (Wildman–Crippen LogP) is 4.52. The van der Waals surface area contributed by atoms with Gasteiger partial charge in [0, 0.05) is 6.54 Å². The van der Waals surface area contributed by atoms with Gasteiger partial charge in [0.1, 0.15) is 0 Å². The molecule has 0 aliphatic heterocycles. The molecule has 3 aromatic rings.